The third kappa shape index (κ3) is 3.31. The van der Waals surface area contributed by atoms with Crippen molar-refractivity contribution in [2.45, 2.75) is 13.0 Å². The lowest BCUT2D eigenvalue weighted by molar-refractivity contribution is -0.384. The SMILES string of the molecule is CC(Nc1cc(F)c(F)c(F)c1)c1cccc([N+](=O)[O-])c1. The van der Waals surface area contributed by atoms with E-state index in [0.29, 0.717) is 5.56 Å². The second-order valence-corrected chi connectivity index (χ2v) is 4.47. The first-order valence-corrected chi connectivity index (χ1v) is 6.04. The number of anilines is 1. The first kappa shape index (κ1) is 14.8. The van der Waals surface area contributed by atoms with Crippen molar-refractivity contribution in [3.05, 3.63) is 69.5 Å². The number of nitro groups is 1. The van der Waals surface area contributed by atoms with Crippen LogP contribution in [0, 0.1) is 27.6 Å². The molecule has 0 radical (unpaired) electrons. The van der Waals surface area contributed by atoms with E-state index in [-0.39, 0.29) is 11.4 Å². The number of non-ortho nitro benzene ring substituents is 1. The molecule has 0 heterocycles. The lowest BCUT2D eigenvalue weighted by Crippen LogP contribution is -2.08. The topological polar surface area (TPSA) is 55.2 Å². The highest BCUT2D eigenvalue weighted by Gasteiger charge is 2.14. The molecule has 7 heteroatoms. The predicted octanol–water partition coefficient (Wildman–Crippen LogP) is 4.19. The van der Waals surface area contributed by atoms with Crippen molar-refractivity contribution < 1.29 is 18.1 Å². The Kier molecular flexibility index (Phi) is 4.11. The number of rotatable bonds is 4. The maximum absolute atomic E-state index is 13.1. The zero-order valence-electron chi connectivity index (χ0n) is 10.9. The molecule has 1 atom stereocenters. The van der Waals surface area contributed by atoms with Gasteiger partial charge in [-0.25, -0.2) is 13.2 Å². The van der Waals surface area contributed by atoms with Crippen LogP contribution in [0.2, 0.25) is 0 Å². The summed E-state index contributed by atoms with van der Waals surface area (Å²) >= 11 is 0. The maximum atomic E-state index is 13.1. The van der Waals surface area contributed by atoms with E-state index in [0.717, 1.165) is 12.1 Å². The minimum atomic E-state index is -1.54. The van der Waals surface area contributed by atoms with E-state index < -0.39 is 28.4 Å². The van der Waals surface area contributed by atoms with Gasteiger partial charge in [-0.15, -0.1) is 0 Å². The van der Waals surface area contributed by atoms with Gasteiger partial charge in [0, 0.05) is 36.0 Å². The van der Waals surface area contributed by atoms with Crippen LogP contribution in [0.3, 0.4) is 0 Å². The molecule has 0 fully saturated rings. The van der Waals surface area contributed by atoms with Gasteiger partial charge in [0.2, 0.25) is 0 Å². The first-order valence-electron chi connectivity index (χ1n) is 6.04. The highest BCUT2D eigenvalue weighted by Crippen LogP contribution is 2.24. The summed E-state index contributed by atoms with van der Waals surface area (Å²) in [4.78, 5) is 10.2. The minimum Gasteiger partial charge on any atom is -0.378 e. The Morgan fingerprint density at radius 3 is 2.33 bits per heavy atom. The van der Waals surface area contributed by atoms with Crippen molar-refractivity contribution in [2.75, 3.05) is 5.32 Å². The molecule has 4 nitrogen and oxygen atoms in total. The van der Waals surface area contributed by atoms with E-state index in [2.05, 4.69) is 5.32 Å². The summed E-state index contributed by atoms with van der Waals surface area (Å²) in [7, 11) is 0. The number of halogens is 3. The van der Waals surface area contributed by atoms with E-state index in [4.69, 9.17) is 0 Å². The quantitative estimate of drug-likeness (QED) is 0.523. The Morgan fingerprint density at radius 1 is 1.14 bits per heavy atom. The number of nitrogens with one attached hydrogen (secondary N) is 1. The molecule has 0 aliphatic heterocycles. The molecule has 0 aliphatic rings. The summed E-state index contributed by atoms with van der Waals surface area (Å²) in [6, 6.07) is 7.05. The number of hydrogen-bond acceptors (Lipinski definition) is 3. The summed E-state index contributed by atoms with van der Waals surface area (Å²) in [5, 5.41) is 13.5. The average Bonchev–Trinajstić information content (AvgIpc) is 2.44. The molecule has 0 saturated carbocycles. The minimum absolute atomic E-state index is 0.0467. The normalized spacial score (nSPS) is 12.0. The molecule has 0 amide bonds. The van der Waals surface area contributed by atoms with E-state index >= 15 is 0 Å². The Labute approximate surface area is 118 Å². The van der Waals surface area contributed by atoms with Gasteiger partial charge in [0.15, 0.2) is 17.5 Å². The third-order valence-electron chi connectivity index (χ3n) is 2.95. The zero-order valence-corrected chi connectivity index (χ0v) is 10.9. The zero-order chi connectivity index (χ0) is 15.6. The van der Waals surface area contributed by atoms with Gasteiger partial charge in [-0.05, 0) is 12.5 Å². The van der Waals surface area contributed by atoms with Gasteiger partial charge in [0.1, 0.15) is 0 Å². The van der Waals surface area contributed by atoms with Gasteiger partial charge in [0.25, 0.3) is 5.69 Å². The fourth-order valence-corrected chi connectivity index (χ4v) is 1.88. The van der Waals surface area contributed by atoms with Gasteiger partial charge in [-0.1, -0.05) is 12.1 Å². The fourth-order valence-electron chi connectivity index (χ4n) is 1.88. The molecule has 21 heavy (non-hydrogen) atoms. The Bertz CT molecular complexity index is 669. The van der Waals surface area contributed by atoms with Crippen LogP contribution in [-0.4, -0.2) is 4.92 Å². The summed E-state index contributed by atoms with van der Waals surface area (Å²) in [5.74, 6) is -4.14. The standard InChI is InChI=1S/C14H11F3N2O2/c1-8(9-3-2-4-11(5-9)19(20)21)18-10-6-12(15)14(17)13(16)7-10/h2-8,18H,1H3. The van der Waals surface area contributed by atoms with E-state index in [1.54, 1.807) is 13.0 Å². The van der Waals surface area contributed by atoms with Gasteiger partial charge < -0.3 is 5.32 Å². The molecule has 0 spiro atoms. The van der Waals surface area contributed by atoms with Gasteiger partial charge in [-0.2, -0.15) is 0 Å². The molecule has 0 saturated heterocycles. The molecule has 1 N–H and O–H groups in total. The van der Waals surface area contributed by atoms with Crippen LogP contribution in [0.1, 0.15) is 18.5 Å². The van der Waals surface area contributed by atoms with Crippen LogP contribution in [0.15, 0.2) is 36.4 Å². The molecule has 2 aromatic carbocycles. The summed E-state index contributed by atoms with van der Waals surface area (Å²) < 4.78 is 39.1. The van der Waals surface area contributed by atoms with Crippen molar-refractivity contribution in [1.82, 2.24) is 0 Å². The Morgan fingerprint density at radius 2 is 1.76 bits per heavy atom. The molecular weight excluding hydrogens is 285 g/mol. The van der Waals surface area contributed by atoms with Gasteiger partial charge in [-0.3, -0.25) is 10.1 Å². The Balaban J connectivity index is 2.23. The molecule has 0 aliphatic carbocycles. The van der Waals surface area contributed by atoms with Crippen molar-refractivity contribution in [2.24, 2.45) is 0 Å². The number of benzene rings is 2. The van der Waals surface area contributed by atoms with Gasteiger partial charge >= 0.3 is 0 Å². The van der Waals surface area contributed by atoms with Crippen LogP contribution in [-0.2, 0) is 0 Å². The monoisotopic (exact) mass is 296 g/mol. The summed E-state index contributed by atoms with van der Waals surface area (Å²) in [6.45, 7) is 1.66. The Hall–Kier alpha value is -2.57. The van der Waals surface area contributed by atoms with Crippen LogP contribution >= 0.6 is 0 Å². The lowest BCUT2D eigenvalue weighted by Gasteiger charge is -2.16. The molecule has 2 aromatic rings. The molecular formula is C14H11F3N2O2. The second-order valence-electron chi connectivity index (χ2n) is 4.47. The van der Waals surface area contributed by atoms with Crippen LogP contribution in [0.4, 0.5) is 24.5 Å². The second kappa shape index (κ2) is 5.82. The number of nitrogens with zero attached hydrogens (tertiary/aromatic N) is 1. The maximum Gasteiger partial charge on any atom is 0.269 e. The van der Waals surface area contributed by atoms with E-state index in [1.165, 1.54) is 18.2 Å². The number of nitro benzene ring substituents is 1. The largest absolute Gasteiger partial charge is 0.378 e. The first-order chi connectivity index (χ1) is 9.88. The summed E-state index contributed by atoms with van der Waals surface area (Å²) in [6.07, 6.45) is 0. The molecule has 1 unspecified atom stereocenters. The van der Waals surface area contributed by atoms with E-state index in [9.17, 15) is 23.3 Å². The smallest absolute Gasteiger partial charge is 0.269 e. The third-order valence-corrected chi connectivity index (χ3v) is 2.95. The molecule has 110 valence electrons. The van der Waals surface area contributed by atoms with Crippen molar-refractivity contribution in [3.8, 4) is 0 Å². The predicted molar refractivity (Wildman–Crippen MR) is 71.5 cm³/mol. The van der Waals surface area contributed by atoms with E-state index in [1.807, 2.05) is 0 Å². The summed E-state index contributed by atoms with van der Waals surface area (Å²) in [5.41, 5.74) is 0.525. The fraction of sp³-hybridized carbons (Fsp3) is 0.143. The van der Waals surface area contributed by atoms with Crippen LogP contribution < -0.4 is 5.32 Å². The number of hydrogen-bond donors (Lipinski definition) is 1. The van der Waals surface area contributed by atoms with Crippen LogP contribution in [0.5, 0.6) is 0 Å². The molecule has 2 rings (SSSR count). The van der Waals surface area contributed by atoms with Crippen LogP contribution in [0.25, 0.3) is 0 Å². The lowest BCUT2D eigenvalue weighted by atomic mass is 10.1. The highest BCUT2D eigenvalue weighted by atomic mass is 19.2. The van der Waals surface area contributed by atoms with Crippen molar-refractivity contribution in [1.29, 1.82) is 0 Å². The average molecular weight is 296 g/mol. The molecule has 0 aromatic heterocycles. The van der Waals surface area contributed by atoms with Crippen molar-refractivity contribution >= 4 is 11.4 Å². The van der Waals surface area contributed by atoms with Crippen molar-refractivity contribution in [3.63, 3.8) is 0 Å². The highest BCUT2D eigenvalue weighted by molar-refractivity contribution is 5.47. The molecule has 0 bridgehead atoms. The van der Waals surface area contributed by atoms with Gasteiger partial charge in [0.05, 0.1) is 4.92 Å².